The number of ether oxygens (including phenoxy) is 2. The maximum absolute atomic E-state index is 14.6. The van der Waals surface area contributed by atoms with E-state index in [1.54, 1.807) is 13.8 Å². The van der Waals surface area contributed by atoms with Crippen molar-refractivity contribution < 1.29 is 36.6 Å². The van der Waals surface area contributed by atoms with Gasteiger partial charge in [-0.1, -0.05) is 25.4 Å². The van der Waals surface area contributed by atoms with Gasteiger partial charge in [0.05, 0.1) is 16.3 Å². The van der Waals surface area contributed by atoms with Crippen LogP contribution in [0, 0.1) is 11.2 Å². The summed E-state index contributed by atoms with van der Waals surface area (Å²) in [6.07, 6.45) is -6.32. The number of cyclic esters (lactones) is 1. The van der Waals surface area contributed by atoms with Gasteiger partial charge in [0.25, 0.3) is 5.56 Å². The monoisotopic (exact) mass is 478 g/mol. The van der Waals surface area contributed by atoms with E-state index >= 15 is 0 Å². The summed E-state index contributed by atoms with van der Waals surface area (Å²) in [6.45, 7) is 3.17. The highest BCUT2D eigenvalue weighted by atomic mass is 35.5. The Balaban J connectivity index is 2.12. The Morgan fingerprint density at radius 2 is 1.84 bits per heavy atom. The van der Waals surface area contributed by atoms with Crippen molar-refractivity contribution in [1.82, 2.24) is 9.13 Å². The van der Waals surface area contributed by atoms with E-state index in [9.17, 15) is 36.7 Å². The first-order chi connectivity index (χ1) is 14.6. The highest BCUT2D eigenvalue weighted by Gasteiger charge is 2.47. The zero-order valence-corrected chi connectivity index (χ0v) is 17.5. The molecule has 0 bridgehead atoms. The molecule has 0 saturated carbocycles. The van der Waals surface area contributed by atoms with Crippen LogP contribution in [0.15, 0.2) is 27.8 Å². The van der Waals surface area contributed by atoms with Crippen molar-refractivity contribution >= 4 is 23.5 Å². The van der Waals surface area contributed by atoms with E-state index in [4.69, 9.17) is 21.1 Å². The number of halogens is 5. The zero-order valence-electron chi connectivity index (χ0n) is 16.8. The molecule has 1 aliphatic rings. The van der Waals surface area contributed by atoms with Crippen LogP contribution < -0.4 is 11.2 Å². The van der Waals surface area contributed by atoms with Gasteiger partial charge in [0, 0.05) is 18.5 Å². The molecule has 2 heterocycles. The lowest BCUT2D eigenvalue weighted by molar-refractivity contribution is -0.145. The van der Waals surface area contributed by atoms with Crippen molar-refractivity contribution in [3.63, 3.8) is 0 Å². The number of hydrogen-bond acceptors (Lipinski definition) is 6. The molecule has 32 heavy (non-hydrogen) atoms. The lowest BCUT2D eigenvalue weighted by Crippen LogP contribution is -2.41. The van der Waals surface area contributed by atoms with Crippen LogP contribution in [-0.2, 0) is 27.5 Å². The molecule has 0 amide bonds. The van der Waals surface area contributed by atoms with Crippen LogP contribution in [0.25, 0.3) is 5.69 Å². The molecule has 1 saturated heterocycles. The molecule has 8 nitrogen and oxygen atoms in total. The third kappa shape index (κ3) is 4.01. The molecule has 1 aromatic heterocycles. The van der Waals surface area contributed by atoms with Crippen LogP contribution in [0.1, 0.15) is 29.9 Å². The maximum Gasteiger partial charge on any atom is 0.431 e. The average Bonchev–Trinajstić information content (AvgIpc) is 2.92. The van der Waals surface area contributed by atoms with Crippen LogP contribution in [0.3, 0.4) is 0 Å². The molecular formula is C19H15ClF4N2O6. The molecule has 0 N–H and O–H groups in total. The minimum Gasteiger partial charge on any atom is -0.462 e. The fraction of sp³-hybridized carbons (Fsp3) is 0.368. The quantitative estimate of drug-likeness (QED) is 0.497. The molecule has 1 fully saturated rings. The SMILES string of the molecule is Cn1c(C(F)(F)F)cc(=O)n(-c2cc(C(=O)O[C@H]3C(=O)OCC3(C)C)c(Cl)cc2F)c1=O. The summed E-state index contributed by atoms with van der Waals surface area (Å²) in [5.74, 6) is -3.26. The van der Waals surface area contributed by atoms with Gasteiger partial charge < -0.3 is 9.47 Å². The largest absolute Gasteiger partial charge is 0.462 e. The first kappa shape index (κ1) is 23.5. The van der Waals surface area contributed by atoms with E-state index in [0.29, 0.717) is 12.1 Å². The van der Waals surface area contributed by atoms with E-state index in [1.807, 2.05) is 0 Å². The first-order valence-corrected chi connectivity index (χ1v) is 9.30. The average molecular weight is 479 g/mol. The van der Waals surface area contributed by atoms with E-state index in [2.05, 4.69) is 0 Å². The van der Waals surface area contributed by atoms with Gasteiger partial charge in [0.1, 0.15) is 18.1 Å². The number of carbonyl (C=O) groups is 2. The Morgan fingerprint density at radius 1 is 1.22 bits per heavy atom. The van der Waals surface area contributed by atoms with E-state index in [1.165, 1.54) is 0 Å². The Kier molecular flexibility index (Phi) is 5.71. The molecule has 0 aliphatic carbocycles. The molecular weight excluding hydrogens is 464 g/mol. The first-order valence-electron chi connectivity index (χ1n) is 8.92. The molecule has 0 spiro atoms. The predicted octanol–water partition coefficient (Wildman–Crippen LogP) is 2.46. The van der Waals surface area contributed by atoms with Gasteiger partial charge in [-0.15, -0.1) is 0 Å². The van der Waals surface area contributed by atoms with Crippen LogP contribution in [-0.4, -0.2) is 33.8 Å². The van der Waals surface area contributed by atoms with Crippen LogP contribution >= 0.6 is 11.6 Å². The Hall–Kier alpha value is -3.15. The number of carbonyl (C=O) groups excluding carboxylic acids is 2. The summed E-state index contributed by atoms with van der Waals surface area (Å²) < 4.78 is 63.9. The topological polar surface area (TPSA) is 96.6 Å². The van der Waals surface area contributed by atoms with Gasteiger partial charge in [0.2, 0.25) is 6.10 Å². The minimum atomic E-state index is -5.01. The van der Waals surface area contributed by atoms with Crippen molar-refractivity contribution in [3.8, 4) is 5.69 Å². The second-order valence-electron chi connectivity index (χ2n) is 7.71. The highest BCUT2D eigenvalue weighted by molar-refractivity contribution is 6.33. The lowest BCUT2D eigenvalue weighted by atomic mass is 9.90. The second kappa shape index (κ2) is 7.76. The van der Waals surface area contributed by atoms with Crippen molar-refractivity contribution in [2.75, 3.05) is 6.61 Å². The summed E-state index contributed by atoms with van der Waals surface area (Å²) >= 11 is 5.90. The Morgan fingerprint density at radius 3 is 2.38 bits per heavy atom. The molecule has 0 unspecified atom stereocenters. The second-order valence-corrected chi connectivity index (χ2v) is 8.11. The number of benzene rings is 1. The van der Waals surface area contributed by atoms with Crippen molar-refractivity contribution in [1.29, 1.82) is 0 Å². The molecule has 0 radical (unpaired) electrons. The molecule has 2 aromatic rings. The Bertz CT molecular complexity index is 1250. The molecule has 3 rings (SSSR count). The number of rotatable bonds is 3. The third-order valence-electron chi connectivity index (χ3n) is 4.84. The molecule has 1 aromatic carbocycles. The number of esters is 2. The van der Waals surface area contributed by atoms with E-state index in [0.717, 1.165) is 7.05 Å². The van der Waals surface area contributed by atoms with Crippen LogP contribution in [0.2, 0.25) is 5.02 Å². The zero-order chi connectivity index (χ0) is 24.2. The van der Waals surface area contributed by atoms with Gasteiger partial charge in [-0.2, -0.15) is 13.2 Å². The summed E-state index contributed by atoms with van der Waals surface area (Å²) in [7, 11) is 0.748. The summed E-state index contributed by atoms with van der Waals surface area (Å²) in [5.41, 5.74) is -6.75. The van der Waals surface area contributed by atoms with Gasteiger partial charge >= 0.3 is 23.8 Å². The van der Waals surface area contributed by atoms with E-state index in [-0.39, 0.29) is 21.8 Å². The molecule has 1 aliphatic heterocycles. The van der Waals surface area contributed by atoms with Crippen LogP contribution in [0.5, 0.6) is 0 Å². The van der Waals surface area contributed by atoms with Gasteiger partial charge in [-0.3, -0.25) is 9.36 Å². The Labute approximate surface area is 181 Å². The molecule has 1 atom stereocenters. The van der Waals surface area contributed by atoms with Crippen molar-refractivity contribution in [3.05, 3.63) is 61.1 Å². The minimum absolute atomic E-state index is 0.0246. The number of alkyl halides is 3. The number of hydrogen-bond donors (Lipinski definition) is 0. The summed E-state index contributed by atoms with van der Waals surface area (Å²) in [5, 5.41) is -0.475. The van der Waals surface area contributed by atoms with Crippen LogP contribution in [0.4, 0.5) is 17.6 Å². The summed E-state index contributed by atoms with van der Waals surface area (Å²) in [4.78, 5) is 49.2. The predicted molar refractivity (Wildman–Crippen MR) is 101 cm³/mol. The third-order valence-corrected chi connectivity index (χ3v) is 5.16. The summed E-state index contributed by atoms with van der Waals surface area (Å²) in [6, 6.07) is 1.39. The molecule has 172 valence electrons. The fourth-order valence-electron chi connectivity index (χ4n) is 3.09. The van der Waals surface area contributed by atoms with E-state index < -0.39 is 68.7 Å². The number of aromatic nitrogens is 2. The standard InChI is InChI=1S/C19H15ClF4N2O6/c1-18(2)7-31-16(29)14(18)32-15(28)8-4-11(10(21)5-9(8)20)26-13(27)6-12(19(22,23)24)25(3)17(26)30/h4-6,14H,7H2,1-3H3/t14-/m0/s1. The lowest BCUT2D eigenvalue weighted by Gasteiger charge is -2.22. The van der Waals surface area contributed by atoms with Crippen molar-refractivity contribution in [2.24, 2.45) is 12.5 Å². The maximum atomic E-state index is 14.6. The van der Waals surface area contributed by atoms with Gasteiger partial charge in [-0.25, -0.2) is 23.3 Å². The van der Waals surface area contributed by atoms with Gasteiger partial charge in [0.15, 0.2) is 0 Å². The molecule has 13 heteroatoms. The van der Waals surface area contributed by atoms with Crippen molar-refractivity contribution in [2.45, 2.75) is 26.1 Å². The normalized spacial score (nSPS) is 17.9. The smallest absolute Gasteiger partial charge is 0.431 e. The number of nitrogens with zero attached hydrogens (tertiary/aromatic N) is 2. The fourth-order valence-corrected chi connectivity index (χ4v) is 3.32. The highest BCUT2D eigenvalue weighted by Crippen LogP contribution is 2.33. The van der Waals surface area contributed by atoms with Gasteiger partial charge in [-0.05, 0) is 12.1 Å².